The first-order chi connectivity index (χ1) is 9.52. The number of aromatic nitrogens is 2. The quantitative estimate of drug-likeness (QED) is 0.671. The molecule has 0 unspecified atom stereocenters. The fourth-order valence-electron chi connectivity index (χ4n) is 1.83. The number of carbonyl (C=O) groups excluding carboxylic acids is 1. The summed E-state index contributed by atoms with van der Waals surface area (Å²) in [5.41, 5.74) is 5.58. The third kappa shape index (κ3) is 2.58. The van der Waals surface area contributed by atoms with Crippen molar-refractivity contribution in [1.29, 1.82) is 0 Å². The van der Waals surface area contributed by atoms with E-state index in [9.17, 15) is 19.6 Å². The molecular formula is C12H12N4O4. The highest BCUT2D eigenvalue weighted by molar-refractivity contribution is 5.76. The van der Waals surface area contributed by atoms with Gasteiger partial charge in [-0.2, -0.15) is 4.91 Å². The Morgan fingerprint density at radius 3 is 2.55 bits per heavy atom. The van der Waals surface area contributed by atoms with E-state index in [0.29, 0.717) is 11.3 Å². The zero-order valence-corrected chi connectivity index (χ0v) is 10.4. The smallest absolute Gasteiger partial charge is 0.333 e. The van der Waals surface area contributed by atoms with E-state index in [-0.39, 0.29) is 24.5 Å². The second-order valence-electron chi connectivity index (χ2n) is 4.16. The highest BCUT2D eigenvalue weighted by Crippen LogP contribution is 2.19. The minimum Gasteiger partial charge on any atom is -0.493 e. The molecule has 2 aromatic rings. The molecule has 0 fully saturated rings. The van der Waals surface area contributed by atoms with E-state index in [1.54, 1.807) is 24.3 Å². The summed E-state index contributed by atoms with van der Waals surface area (Å²) >= 11 is 0. The number of aromatic amines is 1. The molecule has 4 N–H and O–H groups in total. The number of aromatic hydroxyl groups is 1. The monoisotopic (exact) mass is 276 g/mol. The van der Waals surface area contributed by atoms with Gasteiger partial charge >= 0.3 is 5.69 Å². The minimum atomic E-state index is -0.666. The third-order valence-electron chi connectivity index (χ3n) is 2.74. The zero-order chi connectivity index (χ0) is 14.7. The molecular weight excluding hydrogens is 264 g/mol. The molecule has 1 heterocycles. The Morgan fingerprint density at radius 2 is 2.00 bits per heavy atom. The van der Waals surface area contributed by atoms with E-state index in [0.717, 1.165) is 4.57 Å². The van der Waals surface area contributed by atoms with Gasteiger partial charge in [0.25, 0.3) is 0 Å². The van der Waals surface area contributed by atoms with Crippen LogP contribution in [0.3, 0.4) is 0 Å². The van der Waals surface area contributed by atoms with Crippen molar-refractivity contribution in [2.24, 2.45) is 10.9 Å². The van der Waals surface area contributed by atoms with Crippen LogP contribution in [0.5, 0.6) is 5.88 Å². The normalized spacial score (nSPS) is 10.4. The van der Waals surface area contributed by atoms with Gasteiger partial charge in [-0.3, -0.25) is 4.79 Å². The van der Waals surface area contributed by atoms with Crippen LogP contribution in [0.25, 0.3) is 5.69 Å². The number of hydrogen-bond donors (Lipinski definition) is 3. The van der Waals surface area contributed by atoms with E-state index in [1.165, 1.54) is 0 Å². The molecule has 0 aliphatic heterocycles. The van der Waals surface area contributed by atoms with Gasteiger partial charge in [0, 0.05) is 0 Å². The van der Waals surface area contributed by atoms with Crippen LogP contribution < -0.4 is 11.4 Å². The number of nitrogens with two attached hydrogens (primary N) is 1. The molecule has 1 amide bonds. The van der Waals surface area contributed by atoms with Gasteiger partial charge in [0.15, 0.2) is 0 Å². The summed E-state index contributed by atoms with van der Waals surface area (Å²) in [6.45, 7) is 0.0290. The number of nitrogens with zero attached hydrogens (tertiary/aromatic N) is 2. The molecule has 0 radical (unpaired) electrons. The first kappa shape index (κ1) is 13.5. The van der Waals surface area contributed by atoms with Crippen molar-refractivity contribution in [2.45, 2.75) is 13.0 Å². The van der Waals surface area contributed by atoms with E-state index in [1.807, 2.05) is 0 Å². The number of benzene rings is 1. The van der Waals surface area contributed by atoms with Crippen LogP contribution in [-0.2, 0) is 17.8 Å². The van der Waals surface area contributed by atoms with Crippen molar-refractivity contribution in [1.82, 2.24) is 9.55 Å². The van der Waals surface area contributed by atoms with E-state index < -0.39 is 11.6 Å². The average Bonchev–Trinajstić information content (AvgIpc) is 2.65. The van der Waals surface area contributed by atoms with Gasteiger partial charge in [-0.05, 0) is 17.7 Å². The fraction of sp³-hybridized carbons (Fsp3) is 0.167. The highest BCUT2D eigenvalue weighted by Gasteiger charge is 2.15. The Balaban J connectivity index is 2.42. The number of nitrogens with one attached hydrogen (secondary N) is 1. The lowest BCUT2D eigenvalue weighted by Gasteiger charge is -2.04. The maximum Gasteiger partial charge on any atom is 0.333 e. The number of H-pyrrole nitrogens is 1. The van der Waals surface area contributed by atoms with Crippen LogP contribution >= 0.6 is 0 Å². The summed E-state index contributed by atoms with van der Waals surface area (Å²) in [7, 11) is 0. The van der Waals surface area contributed by atoms with Crippen molar-refractivity contribution in [3.8, 4) is 11.6 Å². The average molecular weight is 276 g/mol. The van der Waals surface area contributed by atoms with Gasteiger partial charge in [-0.1, -0.05) is 17.3 Å². The number of imidazole rings is 1. The van der Waals surface area contributed by atoms with Crippen molar-refractivity contribution in [2.75, 3.05) is 0 Å². The summed E-state index contributed by atoms with van der Waals surface area (Å²) in [6.07, 6.45) is -0.263. The lowest BCUT2D eigenvalue weighted by molar-refractivity contribution is -0.117. The van der Waals surface area contributed by atoms with Gasteiger partial charge in [0.05, 0.1) is 17.8 Å². The molecule has 0 saturated heterocycles. The maximum absolute atomic E-state index is 11.8. The fourth-order valence-corrected chi connectivity index (χ4v) is 1.83. The number of rotatable bonds is 5. The van der Waals surface area contributed by atoms with Gasteiger partial charge in [-0.25, -0.2) is 9.36 Å². The topological polar surface area (TPSA) is 131 Å². The molecule has 104 valence electrons. The maximum atomic E-state index is 11.8. The summed E-state index contributed by atoms with van der Waals surface area (Å²) in [4.78, 5) is 35.1. The highest BCUT2D eigenvalue weighted by atomic mass is 16.3. The van der Waals surface area contributed by atoms with Crippen LogP contribution in [0.15, 0.2) is 34.2 Å². The molecule has 1 aromatic carbocycles. The number of amides is 1. The molecule has 2 rings (SSSR count). The molecule has 0 atom stereocenters. The molecule has 0 aliphatic rings. The minimum absolute atomic E-state index is 0.0290. The first-order valence-corrected chi connectivity index (χ1v) is 5.72. The second kappa shape index (κ2) is 5.39. The summed E-state index contributed by atoms with van der Waals surface area (Å²) in [6, 6.07) is 6.35. The zero-order valence-electron chi connectivity index (χ0n) is 10.4. The molecule has 0 saturated carbocycles. The molecule has 8 heteroatoms. The Labute approximate surface area is 112 Å². The largest absolute Gasteiger partial charge is 0.493 e. The van der Waals surface area contributed by atoms with Crippen molar-refractivity contribution in [3.63, 3.8) is 0 Å². The molecule has 1 aromatic heterocycles. The Morgan fingerprint density at radius 1 is 1.35 bits per heavy atom. The number of carbonyl (C=O) groups is 1. The van der Waals surface area contributed by atoms with Crippen LogP contribution in [-0.4, -0.2) is 20.6 Å². The van der Waals surface area contributed by atoms with E-state index in [4.69, 9.17) is 5.73 Å². The molecule has 0 aliphatic carbocycles. The molecule has 20 heavy (non-hydrogen) atoms. The van der Waals surface area contributed by atoms with E-state index >= 15 is 0 Å². The van der Waals surface area contributed by atoms with Crippen LogP contribution in [0.1, 0.15) is 11.3 Å². The van der Waals surface area contributed by atoms with Crippen molar-refractivity contribution < 1.29 is 9.90 Å². The summed E-state index contributed by atoms with van der Waals surface area (Å²) < 4.78 is 1.01. The standard InChI is InChI=1S/C12H12N4O4/c13-10(17)5-9-11(18)16(12(19)15-9)8-3-1-7(2-4-8)6-14-20/h1-4,18H,5-6H2,(H2,13,17)(H,15,19). The summed E-state index contributed by atoms with van der Waals surface area (Å²) in [5.74, 6) is -1.03. The molecule has 0 bridgehead atoms. The summed E-state index contributed by atoms with van der Waals surface area (Å²) in [5, 5.41) is 12.7. The molecule has 8 nitrogen and oxygen atoms in total. The predicted molar refractivity (Wildman–Crippen MR) is 70.5 cm³/mol. The van der Waals surface area contributed by atoms with Crippen LogP contribution in [0.4, 0.5) is 0 Å². The second-order valence-corrected chi connectivity index (χ2v) is 4.16. The van der Waals surface area contributed by atoms with Crippen LogP contribution in [0.2, 0.25) is 0 Å². The van der Waals surface area contributed by atoms with Crippen LogP contribution in [0, 0.1) is 4.91 Å². The number of primary amides is 1. The lowest BCUT2D eigenvalue weighted by atomic mass is 10.2. The first-order valence-electron chi connectivity index (χ1n) is 5.72. The molecule has 0 spiro atoms. The van der Waals surface area contributed by atoms with Gasteiger partial charge in [-0.15, -0.1) is 0 Å². The Bertz CT molecular complexity index is 699. The van der Waals surface area contributed by atoms with Gasteiger partial charge in [0.2, 0.25) is 11.8 Å². The SMILES string of the molecule is NC(=O)Cc1[nH]c(=O)n(-c2ccc(CN=O)cc2)c1O. The van der Waals surface area contributed by atoms with Crippen molar-refractivity contribution >= 4 is 5.91 Å². The van der Waals surface area contributed by atoms with E-state index in [2.05, 4.69) is 10.2 Å². The van der Waals surface area contributed by atoms with Gasteiger partial charge in [0.1, 0.15) is 6.54 Å². The number of nitroso groups, excluding NO2 is 1. The predicted octanol–water partition coefficient (Wildman–Crippen LogP) is 0.165. The Hall–Kier alpha value is -2.90. The van der Waals surface area contributed by atoms with Gasteiger partial charge < -0.3 is 15.8 Å². The lowest BCUT2D eigenvalue weighted by Crippen LogP contribution is -2.15. The number of hydrogen-bond acceptors (Lipinski definition) is 5. The third-order valence-corrected chi connectivity index (χ3v) is 2.74. The van der Waals surface area contributed by atoms with Crippen molar-refractivity contribution in [3.05, 3.63) is 50.9 Å². The Kier molecular flexibility index (Phi) is 3.65.